The molecule has 2 aromatic carbocycles. The van der Waals surface area contributed by atoms with E-state index in [0.717, 1.165) is 53.0 Å². The third-order valence-electron chi connectivity index (χ3n) is 6.21. The minimum atomic E-state index is 0.0761. The lowest BCUT2D eigenvalue weighted by Crippen LogP contribution is -2.39. The first-order chi connectivity index (χ1) is 16.1. The molecule has 33 heavy (non-hydrogen) atoms. The lowest BCUT2D eigenvalue weighted by molar-refractivity contribution is 0.0705. The van der Waals surface area contributed by atoms with Gasteiger partial charge >= 0.3 is 0 Å². The number of carbonyl (C=O) groups excluding carboxylic acids is 1. The van der Waals surface area contributed by atoms with Crippen LogP contribution in [0.4, 0.5) is 0 Å². The first-order valence-corrected chi connectivity index (χ1v) is 11.3. The molecule has 3 heterocycles. The SMILES string of the molecule is Cc1cc(-c2cnc(-c3ccccc3)nc2C2CCCN(C(=O)c3ccccc3C)C2)on1. The number of hydrogen-bond acceptors (Lipinski definition) is 5. The number of piperidine rings is 1. The van der Waals surface area contributed by atoms with E-state index in [9.17, 15) is 4.79 Å². The van der Waals surface area contributed by atoms with Crippen LogP contribution in [0.3, 0.4) is 0 Å². The predicted molar refractivity (Wildman–Crippen MR) is 127 cm³/mol. The molecule has 166 valence electrons. The Balaban J connectivity index is 1.52. The molecule has 1 saturated heterocycles. The molecule has 1 aliphatic heterocycles. The summed E-state index contributed by atoms with van der Waals surface area (Å²) in [7, 11) is 0. The van der Waals surface area contributed by atoms with E-state index in [2.05, 4.69) is 10.1 Å². The van der Waals surface area contributed by atoms with E-state index < -0.39 is 0 Å². The predicted octanol–water partition coefficient (Wildman–Crippen LogP) is 5.44. The van der Waals surface area contributed by atoms with Gasteiger partial charge in [0.25, 0.3) is 5.91 Å². The summed E-state index contributed by atoms with van der Waals surface area (Å²) in [6.45, 7) is 5.24. The summed E-state index contributed by atoms with van der Waals surface area (Å²) in [4.78, 5) is 24.9. The van der Waals surface area contributed by atoms with Crippen molar-refractivity contribution in [3.63, 3.8) is 0 Å². The Morgan fingerprint density at radius 2 is 1.85 bits per heavy atom. The summed E-state index contributed by atoms with van der Waals surface area (Å²) in [6.07, 6.45) is 3.69. The molecule has 1 unspecified atom stereocenters. The summed E-state index contributed by atoms with van der Waals surface area (Å²) in [5, 5.41) is 4.06. The maximum Gasteiger partial charge on any atom is 0.254 e. The van der Waals surface area contributed by atoms with Gasteiger partial charge in [0.2, 0.25) is 0 Å². The molecule has 1 atom stereocenters. The Labute approximate surface area is 193 Å². The van der Waals surface area contributed by atoms with Crippen molar-refractivity contribution in [3.05, 3.63) is 89.4 Å². The van der Waals surface area contributed by atoms with Crippen molar-refractivity contribution in [2.45, 2.75) is 32.6 Å². The fraction of sp³-hybridized carbons (Fsp3) is 0.259. The van der Waals surface area contributed by atoms with E-state index in [-0.39, 0.29) is 11.8 Å². The van der Waals surface area contributed by atoms with Gasteiger partial charge in [-0.3, -0.25) is 4.79 Å². The van der Waals surface area contributed by atoms with Crippen LogP contribution in [0.2, 0.25) is 0 Å². The van der Waals surface area contributed by atoms with Gasteiger partial charge in [-0.25, -0.2) is 9.97 Å². The van der Waals surface area contributed by atoms with Gasteiger partial charge in [0, 0.05) is 42.4 Å². The fourth-order valence-corrected chi connectivity index (χ4v) is 4.48. The summed E-state index contributed by atoms with van der Waals surface area (Å²) in [5.41, 5.74) is 5.27. The van der Waals surface area contributed by atoms with E-state index in [1.807, 2.05) is 85.6 Å². The molecule has 0 aliphatic carbocycles. The van der Waals surface area contributed by atoms with Crippen molar-refractivity contribution >= 4 is 5.91 Å². The van der Waals surface area contributed by atoms with Crippen LogP contribution in [0.25, 0.3) is 22.7 Å². The molecule has 0 saturated carbocycles. The largest absolute Gasteiger partial charge is 0.356 e. The van der Waals surface area contributed by atoms with E-state index >= 15 is 0 Å². The Morgan fingerprint density at radius 1 is 1.06 bits per heavy atom. The topological polar surface area (TPSA) is 72.1 Å². The van der Waals surface area contributed by atoms with Crippen molar-refractivity contribution in [2.75, 3.05) is 13.1 Å². The number of carbonyl (C=O) groups is 1. The number of rotatable bonds is 4. The quantitative estimate of drug-likeness (QED) is 0.424. The van der Waals surface area contributed by atoms with Gasteiger partial charge in [-0.15, -0.1) is 0 Å². The lowest BCUT2D eigenvalue weighted by Gasteiger charge is -2.33. The zero-order chi connectivity index (χ0) is 22.8. The van der Waals surface area contributed by atoms with Crippen LogP contribution in [-0.2, 0) is 0 Å². The van der Waals surface area contributed by atoms with Gasteiger partial charge < -0.3 is 9.42 Å². The number of nitrogens with zero attached hydrogens (tertiary/aromatic N) is 4. The van der Waals surface area contributed by atoms with Crippen LogP contribution in [0, 0.1) is 13.8 Å². The van der Waals surface area contributed by atoms with Gasteiger partial charge in [-0.1, -0.05) is 53.7 Å². The number of aryl methyl sites for hydroxylation is 2. The number of hydrogen-bond donors (Lipinski definition) is 0. The van der Waals surface area contributed by atoms with Crippen molar-refractivity contribution in [2.24, 2.45) is 0 Å². The molecule has 1 aliphatic rings. The second kappa shape index (κ2) is 8.98. The van der Waals surface area contributed by atoms with Crippen LogP contribution in [-0.4, -0.2) is 39.0 Å². The lowest BCUT2D eigenvalue weighted by atomic mass is 9.90. The highest BCUT2D eigenvalue weighted by Gasteiger charge is 2.30. The van der Waals surface area contributed by atoms with Crippen molar-refractivity contribution in [3.8, 4) is 22.7 Å². The average Bonchev–Trinajstić information content (AvgIpc) is 3.30. The highest BCUT2D eigenvalue weighted by atomic mass is 16.5. The first-order valence-electron chi connectivity index (χ1n) is 11.3. The molecule has 0 spiro atoms. The monoisotopic (exact) mass is 438 g/mol. The van der Waals surface area contributed by atoms with Crippen molar-refractivity contribution < 1.29 is 9.32 Å². The maximum atomic E-state index is 13.3. The third kappa shape index (κ3) is 4.29. The Kier molecular flexibility index (Phi) is 5.73. The van der Waals surface area contributed by atoms with Crippen molar-refractivity contribution in [1.82, 2.24) is 20.0 Å². The summed E-state index contributed by atoms with van der Waals surface area (Å²) < 4.78 is 5.58. The minimum absolute atomic E-state index is 0.0761. The van der Waals surface area contributed by atoms with Crippen LogP contribution >= 0.6 is 0 Å². The van der Waals surface area contributed by atoms with Gasteiger partial charge in [0.1, 0.15) is 0 Å². The van der Waals surface area contributed by atoms with Crippen LogP contribution in [0.1, 0.15) is 46.1 Å². The third-order valence-corrected chi connectivity index (χ3v) is 6.21. The molecule has 6 nitrogen and oxygen atoms in total. The fourth-order valence-electron chi connectivity index (χ4n) is 4.48. The molecule has 2 aromatic heterocycles. The second-order valence-electron chi connectivity index (χ2n) is 8.60. The highest BCUT2D eigenvalue weighted by Crippen LogP contribution is 2.35. The van der Waals surface area contributed by atoms with Gasteiger partial charge in [-0.2, -0.15) is 0 Å². The molecule has 1 amide bonds. The van der Waals surface area contributed by atoms with E-state index in [1.165, 1.54) is 0 Å². The molecule has 0 N–H and O–H groups in total. The van der Waals surface area contributed by atoms with Crippen molar-refractivity contribution in [1.29, 1.82) is 0 Å². The standard InChI is InChI=1S/C27H26N4O2/c1-18-9-6-7-13-22(18)27(32)31-14-8-12-21(17-31)25-23(24-15-19(2)30-33-24)16-28-26(29-25)20-10-4-3-5-11-20/h3-7,9-11,13,15-16,21H,8,12,14,17H2,1-2H3. The summed E-state index contributed by atoms with van der Waals surface area (Å²) in [5.74, 6) is 1.49. The molecule has 4 aromatic rings. The normalized spacial score (nSPS) is 16.1. The Bertz CT molecular complexity index is 1280. The van der Waals surface area contributed by atoms with E-state index in [0.29, 0.717) is 18.1 Å². The molecular formula is C27H26N4O2. The zero-order valence-electron chi connectivity index (χ0n) is 18.9. The number of amides is 1. The average molecular weight is 439 g/mol. The Morgan fingerprint density at radius 3 is 2.61 bits per heavy atom. The molecule has 6 heteroatoms. The zero-order valence-corrected chi connectivity index (χ0v) is 18.9. The van der Waals surface area contributed by atoms with E-state index in [1.54, 1.807) is 0 Å². The highest BCUT2D eigenvalue weighted by molar-refractivity contribution is 5.95. The molecule has 5 rings (SSSR count). The maximum absolute atomic E-state index is 13.3. The van der Waals surface area contributed by atoms with Gasteiger partial charge in [0.05, 0.1) is 17.0 Å². The number of likely N-dealkylation sites (tertiary alicyclic amines) is 1. The van der Waals surface area contributed by atoms with Crippen LogP contribution in [0.5, 0.6) is 0 Å². The van der Waals surface area contributed by atoms with Gasteiger partial charge in [0.15, 0.2) is 11.6 Å². The number of benzene rings is 2. The molecule has 0 bridgehead atoms. The van der Waals surface area contributed by atoms with Crippen LogP contribution in [0.15, 0.2) is 71.4 Å². The number of aromatic nitrogens is 3. The molecular weight excluding hydrogens is 412 g/mol. The smallest absolute Gasteiger partial charge is 0.254 e. The summed E-state index contributed by atoms with van der Waals surface area (Å²) in [6, 6.07) is 19.6. The molecule has 1 fully saturated rings. The van der Waals surface area contributed by atoms with Crippen LogP contribution < -0.4 is 0 Å². The van der Waals surface area contributed by atoms with E-state index in [4.69, 9.17) is 9.51 Å². The first kappa shape index (κ1) is 21.1. The minimum Gasteiger partial charge on any atom is -0.356 e. The Hall–Kier alpha value is -3.80. The second-order valence-corrected chi connectivity index (χ2v) is 8.60. The molecule has 0 radical (unpaired) electrons. The summed E-state index contributed by atoms with van der Waals surface area (Å²) >= 11 is 0. The van der Waals surface area contributed by atoms with Gasteiger partial charge in [-0.05, 0) is 38.3 Å².